The lowest BCUT2D eigenvalue weighted by molar-refractivity contribution is -0.137. The van der Waals surface area contributed by atoms with Crippen molar-refractivity contribution in [3.05, 3.63) is 23.8 Å². The van der Waals surface area contributed by atoms with Gasteiger partial charge < -0.3 is 5.73 Å². The first-order chi connectivity index (χ1) is 8.31. The normalized spacial score (nSPS) is 14.8. The van der Waals surface area contributed by atoms with Gasteiger partial charge >= 0.3 is 6.18 Å². The molecule has 7 heteroatoms. The molecule has 0 bridgehead atoms. The van der Waals surface area contributed by atoms with E-state index in [0.29, 0.717) is 6.42 Å². The van der Waals surface area contributed by atoms with Gasteiger partial charge in [-0.15, -0.1) is 0 Å². The van der Waals surface area contributed by atoms with E-state index in [4.69, 9.17) is 11.0 Å². The molecule has 0 aliphatic carbocycles. The zero-order chi connectivity index (χ0) is 13.9. The molecule has 2 atom stereocenters. The van der Waals surface area contributed by atoms with Gasteiger partial charge in [0.25, 0.3) is 0 Å². The third kappa shape index (κ3) is 3.01. The molecule has 0 aliphatic heterocycles. The van der Waals surface area contributed by atoms with Gasteiger partial charge in [-0.05, 0) is 24.6 Å². The summed E-state index contributed by atoms with van der Waals surface area (Å²) < 4.78 is 49.1. The molecule has 0 aliphatic rings. The number of rotatable bonds is 3. The molecule has 1 rings (SSSR count). The van der Waals surface area contributed by atoms with Crippen LogP contribution in [0.5, 0.6) is 0 Å². The summed E-state index contributed by atoms with van der Waals surface area (Å²) >= 11 is 0. The van der Waals surface area contributed by atoms with Gasteiger partial charge in [0.2, 0.25) is 0 Å². The molecule has 1 aromatic rings. The Bertz CT molecular complexity index is 508. The molecule has 0 heterocycles. The molecule has 0 radical (unpaired) electrons. The van der Waals surface area contributed by atoms with Crippen LogP contribution in [0, 0.1) is 11.3 Å². The standard InChI is InChI=1S/C11H11F3N2OS/c1-2-8(6-15)18(17)10-4-3-7(5-9(10)16)11(12,13)14/h3-5,8H,2,16H2,1H3. The first kappa shape index (κ1) is 14.5. The van der Waals surface area contributed by atoms with E-state index in [0.717, 1.165) is 18.2 Å². The molecular formula is C11H11F3N2OS. The highest BCUT2D eigenvalue weighted by atomic mass is 32.2. The summed E-state index contributed by atoms with van der Waals surface area (Å²) in [5.74, 6) is 0. The Kier molecular flexibility index (Phi) is 4.35. The summed E-state index contributed by atoms with van der Waals surface area (Å²) in [4.78, 5) is 0.0661. The van der Waals surface area contributed by atoms with Gasteiger partial charge in [0.1, 0.15) is 5.25 Å². The summed E-state index contributed by atoms with van der Waals surface area (Å²) in [5.41, 5.74) is 4.36. The Hall–Kier alpha value is -1.55. The molecule has 2 N–H and O–H groups in total. The Morgan fingerprint density at radius 1 is 1.50 bits per heavy atom. The molecule has 0 spiro atoms. The maximum Gasteiger partial charge on any atom is 0.416 e. The van der Waals surface area contributed by atoms with Crippen molar-refractivity contribution in [2.24, 2.45) is 0 Å². The van der Waals surface area contributed by atoms with Crippen LogP contribution in [0.2, 0.25) is 0 Å². The van der Waals surface area contributed by atoms with Crippen molar-refractivity contribution in [1.82, 2.24) is 0 Å². The van der Waals surface area contributed by atoms with Gasteiger partial charge in [0.05, 0.1) is 27.3 Å². The molecule has 0 saturated heterocycles. The summed E-state index contributed by atoms with van der Waals surface area (Å²) in [7, 11) is -1.72. The van der Waals surface area contributed by atoms with E-state index in [1.54, 1.807) is 6.92 Å². The maximum atomic E-state index is 12.4. The predicted molar refractivity (Wildman–Crippen MR) is 62.0 cm³/mol. The summed E-state index contributed by atoms with van der Waals surface area (Å²) in [6, 6.07) is 4.45. The van der Waals surface area contributed by atoms with Crippen molar-refractivity contribution in [1.29, 1.82) is 5.26 Å². The topological polar surface area (TPSA) is 66.9 Å². The van der Waals surface area contributed by atoms with E-state index in [1.165, 1.54) is 0 Å². The highest BCUT2D eigenvalue weighted by molar-refractivity contribution is 7.86. The third-order valence-corrected chi connectivity index (χ3v) is 4.09. The van der Waals surface area contributed by atoms with Gasteiger partial charge in [-0.3, -0.25) is 4.21 Å². The number of alkyl halides is 3. The highest BCUT2D eigenvalue weighted by Crippen LogP contribution is 2.32. The fourth-order valence-corrected chi connectivity index (χ4v) is 2.55. The van der Waals surface area contributed by atoms with Gasteiger partial charge in [0, 0.05) is 5.69 Å². The molecule has 0 fully saturated rings. The first-order valence-electron chi connectivity index (χ1n) is 5.08. The number of nitrogens with zero attached hydrogens (tertiary/aromatic N) is 1. The number of hydrogen-bond acceptors (Lipinski definition) is 3. The Labute approximate surface area is 105 Å². The van der Waals surface area contributed by atoms with Gasteiger partial charge in [-0.25, -0.2) is 0 Å². The summed E-state index contributed by atoms with van der Waals surface area (Å²) in [6.07, 6.45) is -4.16. The zero-order valence-corrected chi connectivity index (χ0v) is 10.3. The van der Waals surface area contributed by atoms with E-state index in [-0.39, 0.29) is 10.6 Å². The van der Waals surface area contributed by atoms with Crippen LogP contribution in [0.3, 0.4) is 0 Å². The summed E-state index contributed by atoms with van der Waals surface area (Å²) in [5, 5.41) is 7.99. The number of anilines is 1. The van der Waals surface area contributed by atoms with Crippen molar-refractivity contribution < 1.29 is 17.4 Å². The number of benzene rings is 1. The van der Waals surface area contributed by atoms with Gasteiger partial charge in [-0.1, -0.05) is 6.92 Å². The minimum Gasteiger partial charge on any atom is -0.398 e. The average Bonchev–Trinajstić information content (AvgIpc) is 2.29. The zero-order valence-electron chi connectivity index (χ0n) is 9.49. The van der Waals surface area contributed by atoms with Crippen LogP contribution in [-0.2, 0) is 17.0 Å². The van der Waals surface area contributed by atoms with E-state index in [9.17, 15) is 17.4 Å². The Morgan fingerprint density at radius 3 is 2.50 bits per heavy atom. The van der Waals surface area contributed by atoms with E-state index in [2.05, 4.69) is 0 Å². The van der Waals surface area contributed by atoms with Crippen LogP contribution in [0.15, 0.2) is 23.1 Å². The van der Waals surface area contributed by atoms with Gasteiger partial charge in [0.15, 0.2) is 0 Å². The lowest BCUT2D eigenvalue weighted by atomic mass is 10.2. The van der Waals surface area contributed by atoms with Crippen LogP contribution in [0.1, 0.15) is 18.9 Å². The van der Waals surface area contributed by atoms with Gasteiger partial charge in [-0.2, -0.15) is 18.4 Å². The number of nitrogens with two attached hydrogens (primary N) is 1. The molecule has 0 aromatic heterocycles. The number of nitriles is 1. The minimum atomic E-state index is -4.49. The second kappa shape index (κ2) is 5.40. The lowest BCUT2D eigenvalue weighted by Gasteiger charge is -2.12. The largest absolute Gasteiger partial charge is 0.416 e. The van der Waals surface area contributed by atoms with Crippen LogP contribution < -0.4 is 5.73 Å². The fraction of sp³-hybridized carbons (Fsp3) is 0.364. The number of hydrogen-bond donors (Lipinski definition) is 1. The summed E-state index contributed by atoms with van der Waals surface area (Å²) in [6.45, 7) is 1.67. The fourth-order valence-electron chi connectivity index (χ4n) is 1.35. The minimum absolute atomic E-state index is 0.0661. The van der Waals surface area contributed by atoms with Crippen LogP contribution in [0.4, 0.5) is 18.9 Å². The second-order valence-electron chi connectivity index (χ2n) is 3.57. The Morgan fingerprint density at radius 2 is 2.11 bits per heavy atom. The molecule has 2 unspecified atom stereocenters. The van der Waals surface area contributed by atoms with Crippen molar-refractivity contribution in [3.63, 3.8) is 0 Å². The smallest absolute Gasteiger partial charge is 0.398 e. The highest BCUT2D eigenvalue weighted by Gasteiger charge is 2.31. The molecule has 0 saturated carbocycles. The molecule has 98 valence electrons. The maximum absolute atomic E-state index is 12.4. The quantitative estimate of drug-likeness (QED) is 0.863. The first-order valence-corrected chi connectivity index (χ1v) is 6.29. The van der Waals surface area contributed by atoms with Crippen molar-refractivity contribution >= 4 is 16.5 Å². The molecular weight excluding hydrogens is 265 g/mol. The number of halogens is 3. The average molecular weight is 276 g/mol. The van der Waals surface area contributed by atoms with Crippen molar-refractivity contribution in [2.75, 3.05) is 5.73 Å². The van der Waals surface area contributed by atoms with E-state index < -0.39 is 27.8 Å². The number of nitrogen functional groups attached to an aromatic ring is 1. The third-order valence-electron chi connectivity index (χ3n) is 2.33. The Balaban J connectivity index is 3.15. The van der Waals surface area contributed by atoms with Crippen LogP contribution in [0.25, 0.3) is 0 Å². The van der Waals surface area contributed by atoms with Crippen LogP contribution in [-0.4, -0.2) is 9.46 Å². The molecule has 3 nitrogen and oxygen atoms in total. The molecule has 0 amide bonds. The van der Waals surface area contributed by atoms with Crippen molar-refractivity contribution in [3.8, 4) is 6.07 Å². The SMILES string of the molecule is CCC(C#N)S(=O)c1ccc(C(F)(F)F)cc1N. The van der Waals surface area contributed by atoms with Crippen LogP contribution >= 0.6 is 0 Å². The van der Waals surface area contributed by atoms with E-state index >= 15 is 0 Å². The monoisotopic (exact) mass is 276 g/mol. The molecule has 18 heavy (non-hydrogen) atoms. The van der Waals surface area contributed by atoms with Crippen molar-refractivity contribution in [2.45, 2.75) is 29.7 Å². The predicted octanol–water partition coefficient (Wildman–Crippen LogP) is 2.70. The molecule has 1 aromatic carbocycles. The second-order valence-corrected chi connectivity index (χ2v) is 5.18. The van der Waals surface area contributed by atoms with E-state index in [1.807, 2.05) is 6.07 Å². The lowest BCUT2D eigenvalue weighted by Crippen LogP contribution is -2.14.